The number of para-hydroxylation sites is 1. The van der Waals surface area contributed by atoms with Crippen molar-refractivity contribution in [3.05, 3.63) is 115 Å². The lowest BCUT2D eigenvalue weighted by molar-refractivity contribution is 1.17. The predicted octanol–water partition coefficient (Wildman–Crippen LogP) is 7.89. The van der Waals surface area contributed by atoms with E-state index in [1.807, 2.05) is 0 Å². The van der Waals surface area contributed by atoms with Crippen molar-refractivity contribution in [3.63, 3.8) is 0 Å². The maximum absolute atomic E-state index is 2.68. The van der Waals surface area contributed by atoms with Gasteiger partial charge in [0.15, 0.2) is 0 Å². The molecule has 7 aromatic carbocycles. The Morgan fingerprint density at radius 3 is 2.27 bits per heavy atom. The Bertz CT molecular complexity index is 2610. The molecule has 0 saturated carbocycles. The quantitative estimate of drug-likeness (QED) is 0.147. The van der Waals surface area contributed by atoms with Gasteiger partial charge in [-0.3, -0.25) is 0 Å². The van der Waals surface area contributed by atoms with Gasteiger partial charge in [-0.1, -0.05) is 91.0 Å². The van der Waals surface area contributed by atoms with Crippen LogP contribution in [0.1, 0.15) is 5.56 Å². The van der Waals surface area contributed by atoms with E-state index >= 15 is 0 Å². The molecule has 2 aromatic heterocycles. The summed E-state index contributed by atoms with van der Waals surface area (Å²) in [4.78, 5) is 0. The van der Waals surface area contributed by atoms with Crippen LogP contribution in [0, 0.1) is 6.92 Å². The van der Waals surface area contributed by atoms with Gasteiger partial charge in [0, 0.05) is 43.8 Å². The van der Waals surface area contributed by atoms with E-state index in [1.165, 1.54) is 98.5 Å². The fourth-order valence-corrected chi connectivity index (χ4v) is 8.50. The topological polar surface area (TPSA) is 9.86 Å². The van der Waals surface area contributed by atoms with Crippen molar-refractivity contribution >= 4 is 82.9 Å². The third kappa shape index (κ3) is 2.00. The molecule has 0 saturated heterocycles. The van der Waals surface area contributed by atoms with Crippen molar-refractivity contribution < 1.29 is 0 Å². The van der Waals surface area contributed by atoms with E-state index < -0.39 is 0 Å². The third-order valence-electron chi connectivity index (χ3n) is 9.95. The molecular formula is C37H21BN2. The smallest absolute Gasteiger partial charge is 0.333 e. The molecule has 0 spiro atoms. The van der Waals surface area contributed by atoms with E-state index in [2.05, 4.69) is 125 Å². The van der Waals surface area contributed by atoms with Crippen molar-refractivity contribution in [2.24, 2.45) is 0 Å². The minimum atomic E-state index is 0.112. The zero-order valence-electron chi connectivity index (χ0n) is 21.9. The summed E-state index contributed by atoms with van der Waals surface area (Å²) in [6, 6.07) is 41.3. The van der Waals surface area contributed by atoms with Crippen LogP contribution in [0.15, 0.2) is 109 Å². The highest BCUT2D eigenvalue weighted by molar-refractivity contribution is 6.90. The second-order valence-electron chi connectivity index (χ2n) is 11.7. The number of hydrogen-bond donors (Lipinski definition) is 0. The molecule has 0 amide bonds. The zero-order chi connectivity index (χ0) is 25.9. The third-order valence-corrected chi connectivity index (χ3v) is 9.95. The van der Waals surface area contributed by atoms with Crippen molar-refractivity contribution in [2.75, 3.05) is 0 Å². The van der Waals surface area contributed by atoms with Crippen molar-refractivity contribution in [3.8, 4) is 16.8 Å². The Morgan fingerprint density at radius 1 is 0.550 bits per heavy atom. The normalized spacial score (nSPS) is 13.6. The molecule has 182 valence electrons. The van der Waals surface area contributed by atoms with Crippen molar-refractivity contribution in [2.45, 2.75) is 6.92 Å². The Balaban J connectivity index is 1.44. The second kappa shape index (κ2) is 6.40. The molecule has 11 rings (SSSR count). The highest BCUT2D eigenvalue weighted by Crippen LogP contribution is 2.46. The van der Waals surface area contributed by atoms with Gasteiger partial charge >= 0.3 is 6.85 Å². The van der Waals surface area contributed by atoms with E-state index in [1.54, 1.807) is 0 Å². The largest absolute Gasteiger partial charge is 0.375 e. The minimum Gasteiger partial charge on any atom is -0.375 e. The molecule has 2 aliphatic heterocycles. The van der Waals surface area contributed by atoms with Gasteiger partial charge in [0.25, 0.3) is 0 Å². The minimum absolute atomic E-state index is 0.112. The molecule has 0 N–H and O–H groups in total. The lowest BCUT2D eigenvalue weighted by Crippen LogP contribution is -2.55. The predicted molar refractivity (Wildman–Crippen MR) is 171 cm³/mol. The molecule has 3 heteroatoms. The van der Waals surface area contributed by atoms with Gasteiger partial charge in [0.05, 0.1) is 11.0 Å². The molecule has 0 fully saturated rings. The molecule has 0 atom stereocenters. The van der Waals surface area contributed by atoms with Gasteiger partial charge in [-0.15, -0.1) is 0 Å². The van der Waals surface area contributed by atoms with Crippen LogP contribution in [0.3, 0.4) is 0 Å². The summed E-state index contributed by atoms with van der Waals surface area (Å²) >= 11 is 0. The summed E-state index contributed by atoms with van der Waals surface area (Å²) in [5.74, 6) is 0. The molecule has 0 aliphatic carbocycles. The number of rotatable bonds is 0. The van der Waals surface area contributed by atoms with Crippen LogP contribution in [-0.2, 0) is 0 Å². The van der Waals surface area contributed by atoms with Gasteiger partial charge in [-0.2, -0.15) is 0 Å². The average Bonchev–Trinajstić information content (AvgIpc) is 3.53. The van der Waals surface area contributed by atoms with Gasteiger partial charge in [0.1, 0.15) is 0 Å². The fourth-order valence-electron chi connectivity index (χ4n) is 8.50. The lowest BCUT2D eigenvalue weighted by atomic mass is 9.45. The highest BCUT2D eigenvalue weighted by Gasteiger charge is 2.42. The molecule has 0 radical (unpaired) electrons. The first-order chi connectivity index (χ1) is 19.8. The first-order valence-corrected chi connectivity index (χ1v) is 14.2. The van der Waals surface area contributed by atoms with Crippen LogP contribution < -0.4 is 10.9 Å². The zero-order valence-corrected chi connectivity index (χ0v) is 21.9. The summed E-state index contributed by atoms with van der Waals surface area (Å²) in [5, 5.41) is 10.8. The Morgan fingerprint density at radius 2 is 1.32 bits per heavy atom. The van der Waals surface area contributed by atoms with Crippen LogP contribution in [0.25, 0.3) is 82.0 Å². The van der Waals surface area contributed by atoms with Gasteiger partial charge in [-0.25, -0.2) is 0 Å². The molecule has 0 bridgehead atoms. The lowest BCUT2D eigenvalue weighted by Gasteiger charge is -2.34. The Kier molecular flexibility index (Phi) is 3.20. The summed E-state index contributed by atoms with van der Waals surface area (Å²) in [7, 11) is 0. The van der Waals surface area contributed by atoms with E-state index in [0.717, 1.165) is 0 Å². The fraction of sp³-hybridized carbons (Fsp3) is 0.0270. The summed E-state index contributed by atoms with van der Waals surface area (Å²) in [6.45, 7) is 2.40. The van der Waals surface area contributed by atoms with Crippen LogP contribution in [0.5, 0.6) is 0 Å². The molecule has 4 heterocycles. The molecule has 0 unspecified atom stereocenters. The van der Waals surface area contributed by atoms with Crippen LogP contribution in [-0.4, -0.2) is 15.9 Å². The molecule has 2 nitrogen and oxygen atoms in total. The maximum Gasteiger partial charge on any atom is 0.333 e. The molecular weight excluding hydrogens is 483 g/mol. The number of benzene rings is 7. The molecule has 9 aromatic rings. The summed E-state index contributed by atoms with van der Waals surface area (Å²) < 4.78 is 5.25. The van der Waals surface area contributed by atoms with Gasteiger partial charge in [-0.05, 0) is 68.7 Å². The number of aryl methyl sites for hydroxylation is 1. The second-order valence-corrected chi connectivity index (χ2v) is 11.7. The van der Waals surface area contributed by atoms with Crippen LogP contribution in [0.2, 0.25) is 0 Å². The van der Waals surface area contributed by atoms with Crippen LogP contribution in [0.4, 0.5) is 0 Å². The van der Waals surface area contributed by atoms with Crippen molar-refractivity contribution in [1.29, 1.82) is 0 Å². The monoisotopic (exact) mass is 504 g/mol. The average molecular weight is 504 g/mol. The number of nitrogens with zero attached hydrogens (tertiary/aromatic N) is 2. The van der Waals surface area contributed by atoms with E-state index in [4.69, 9.17) is 0 Å². The summed E-state index contributed by atoms with van der Waals surface area (Å²) in [6.07, 6.45) is 0. The first-order valence-electron chi connectivity index (χ1n) is 14.2. The highest BCUT2D eigenvalue weighted by atomic mass is 15.0. The molecule has 40 heavy (non-hydrogen) atoms. The standard InChI is InChI=1S/C37H21BN2/c1-20-12-18-30-35-31(20)25-9-5-10-26-34-24-8-3-2-6-21(24)16-19-29(34)40(36(25)26)38(35)27-17-15-23-14-13-22-7-4-11-28-32(22)33(23)37(27)39(28)30/h2-19H,1H3. The summed E-state index contributed by atoms with van der Waals surface area (Å²) in [5.41, 5.74) is 13.6. The van der Waals surface area contributed by atoms with E-state index in [9.17, 15) is 0 Å². The van der Waals surface area contributed by atoms with Gasteiger partial charge < -0.3 is 9.05 Å². The number of fused-ring (bicyclic) bond motifs is 10. The van der Waals surface area contributed by atoms with Crippen LogP contribution >= 0.6 is 0 Å². The van der Waals surface area contributed by atoms with E-state index in [0.29, 0.717) is 0 Å². The molecule has 2 aliphatic rings. The van der Waals surface area contributed by atoms with Crippen molar-refractivity contribution in [1.82, 2.24) is 9.05 Å². The maximum atomic E-state index is 2.68. The first kappa shape index (κ1) is 20.0. The van der Waals surface area contributed by atoms with E-state index in [-0.39, 0.29) is 6.85 Å². The van der Waals surface area contributed by atoms with Gasteiger partial charge in [0.2, 0.25) is 0 Å². The SMILES string of the molecule is Cc1ccc2c3c1-c1cccc4c5c6ccccc6ccc5n(c14)B3c1ccc3ccc4cccc5c4c3c1n5-2. The Labute approximate surface area is 230 Å². The number of hydrogen-bond acceptors (Lipinski definition) is 0. The Hall–Kier alpha value is -5.02. The number of aromatic nitrogens is 2.